The molecule has 0 aliphatic carbocycles. The second kappa shape index (κ2) is 8.78. The number of rotatable bonds is 7. The molecule has 1 aliphatic heterocycles. The van der Waals surface area contributed by atoms with Crippen molar-refractivity contribution >= 4 is 22.9 Å². The second-order valence-corrected chi connectivity index (χ2v) is 6.78. The Morgan fingerprint density at radius 2 is 2.33 bits per heavy atom. The Morgan fingerprint density at radius 1 is 1.48 bits per heavy atom. The maximum Gasteiger partial charge on any atom is 0.286 e. The number of benzene rings is 1. The summed E-state index contributed by atoms with van der Waals surface area (Å²) in [6, 6.07) is 2.51. The average Bonchev–Trinajstić information content (AvgIpc) is 3.20. The Bertz CT molecular complexity index is 806. The van der Waals surface area contributed by atoms with Crippen LogP contribution in [0.15, 0.2) is 23.0 Å². The fourth-order valence-corrected chi connectivity index (χ4v) is 3.40. The van der Waals surface area contributed by atoms with E-state index >= 15 is 0 Å². The molecule has 0 bridgehead atoms. The van der Waals surface area contributed by atoms with Crippen molar-refractivity contribution in [2.45, 2.75) is 25.5 Å². The van der Waals surface area contributed by atoms with E-state index < -0.39 is 10.8 Å². The number of aromatic nitrogens is 1. The first-order valence-corrected chi connectivity index (χ1v) is 9.40. The van der Waals surface area contributed by atoms with Crippen LogP contribution in [0.2, 0.25) is 0 Å². The molecule has 1 fully saturated rings. The van der Waals surface area contributed by atoms with E-state index in [-0.39, 0.29) is 35.4 Å². The van der Waals surface area contributed by atoms with Crippen LogP contribution >= 0.6 is 11.3 Å². The van der Waals surface area contributed by atoms with Crippen molar-refractivity contribution in [2.75, 3.05) is 20.2 Å². The minimum absolute atomic E-state index is 0.0524. The normalized spacial score (nSPS) is 16.6. The summed E-state index contributed by atoms with van der Waals surface area (Å²) in [4.78, 5) is 27.6. The first-order chi connectivity index (χ1) is 13.1. The first kappa shape index (κ1) is 19.1. The maximum absolute atomic E-state index is 12.6. The maximum atomic E-state index is 12.6. The lowest BCUT2D eigenvalue weighted by Gasteiger charge is -2.23. The predicted molar refractivity (Wildman–Crippen MR) is 99.5 cm³/mol. The molecule has 2 heterocycles. The van der Waals surface area contributed by atoms with Crippen molar-refractivity contribution in [2.24, 2.45) is 0 Å². The number of piperidine rings is 1. The van der Waals surface area contributed by atoms with E-state index in [1.54, 1.807) is 5.51 Å². The molecule has 1 amide bonds. The van der Waals surface area contributed by atoms with Crippen molar-refractivity contribution in [3.63, 3.8) is 0 Å². The van der Waals surface area contributed by atoms with Gasteiger partial charge in [0.25, 0.3) is 11.6 Å². The zero-order valence-corrected chi connectivity index (χ0v) is 15.6. The van der Waals surface area contributed by atoms with E-state index in [1.165, 1.54) is 30.6 Å². The fraction of sp³-hybridized carbons (Fsp3) is 0.412. The molecule has 27 heavy (non-hydrogen) atoms. The highest BCUT2D eigenvalue weighted by Gasteiger charge is 2.26. The molecule has 1 aliphatic rings. The van der Waals surface area contributed by atoms with Crippen LogP contribution in [0.25, 0.3) is 0 Å². The van der Waals surface area contributed by atoms with Gasteiger partial charge in [-0.2, -0.15) is 0 Å². The largest absolute Gasteiger partial charge is 0.493 e. The third-order valence-corrected chi connectivity index (χ3v) is 4.85. The minimum Gasteiger partial charge on any atom is -0.493 e. The molecule has 0 spiro atoms. The minimum atomic E-state index is -0.594. The number of methoxy groups -OCH3 is 1. The Balaban J connectivity index is 1.83. The summed E-state index contributed by atoms with van der Waals surface area (Å²) >= 11 is 1.43. The van der Waals surface area contributed by atoms with E-state index in [4.69, 9.17) is 9.47 Å². The number of hydrogen-bond acceptors (Lipinski definition) is 8. The van der Waals surface area contributed by atoms with E-state index in [1.807, 2.05) is 5.38 Å². The summed E-state index contributed by atoms with van der Waals surface area (Å²) < 4.78 is 10.9. The van der Waals surface area contributed by atoms with E-state index in [0.29, 0.717) is 12.2 Å². The summed E-state index contributed by atoms with van der Waals surface area (Å²) in [6.07, 6.45) is 1.78. The molecule has 1 aromatic heterocycles. The number of amides is 1. The molecule has 10 heteroatoms. The highest BCUT2D eigenvalue weighted by Crippen LogP contribution is 2.35. The molecule has 2 N–H and O–H groups in total. The molecule has 2 aromatic rings. The molecule has 1 saturated heterocycles. The van der Waals surface area contributed by atoms with Gasteiger partial charge in [0.1, 0.15) is 12.2 Å². The Kier molecular flexibility index (Phi) is 6.20. The number of hydrogen-bond donors (Lipinski definition) is 2. The van der Waals surface area contributed by atoms with Gasteiger partial charge in [-0.3, -0.25) is 14.9 Å². The Hall–Kier alpha value is -2.72. The van der Waals surface area contributed by atoms with E-state index in [0.717, 1.165) is 19.4 Å². The molecule has 3 rings (SSSR count). The van der Waals surface area contributed by atoms with E-state index in [2.05, 4.69) is 15.6 Å². The number of nitro benzene ring substituents is 1. The smallest absolute Gasteiger partial charge is 0.286 e. The summed E-state index contributed by atoms with van der Waals surface area (Å²) in [5.41, 5.74) is 2.00. The first-order valence-electron chi connectivity index (χ1n) is 8.46. The summed E-state index contributed by atoms with van der Waals surface area (Å²) in [7, 11) is 1.42. The molecule has 0 saturated carbocycles. The van der Waals surface area contributed by atoms with Gasteiger partial charge in [0, 0.05) is 24.0 Å². The average molecular weight is 392 g/mol. The zero-order chi connectivity index (χ0) is 19.2. The van der Waals surface area contributed by atoms with Gasteiger partial charge in [-0.15, -0.1) is 11.3 Å². The van der Waals surface area contributed by atoms with Crippen molar-refractivity contribution in [1.82, 2.24) is 15.6 Å². The van der Waals surface area contributed by atoms with Crippen LogP contribution in [0.4, 0.5) is 5.69 Å². The number of nitro groups is 1. The topological polar surface area (TPSA) is 116 Å². The van der Waals surface area contributed by atoms with Crippen LogP contribution in [-0.2, 0) is 6.61 Å². The van der Waals surface area contributed by atoms with Crippen molar-refractivity contribution in [1.29, 1.82) is 0 Å². The SMILES string of the molecule is COc1cc(C(=O)N[C@H]2CCCNC2)c([N+](=O)[O-])cc1OCc1cscn1. The predicted octanol–water partition coefficient (Wildman–Crippen LogP) is 2.12. The number of nitrogens with one attached hydrogen (secondary N) is 2. The van der Waals surface area contributed by atoms with Gasteiger partial charge in [0.05, 0.1) is 29.3 Å². The van der Waals surface area contributed by atoms with Crippen LogP contribution in [0.5, 0.6) is 11.5 Å². The highest BCUT2D eigenvalue weighted by molar-refractivity contribution is 7.07. The Labute approximate surface area is 159 Å². The third kappa shape index (κ3) is 4.72. The number of carbonyl (C=O) groups is 1. The number of thiazole rings is 1. The second-order valence-electron chi connectivity index (χ2n) is 6.06. The summed E-state index contributed by atoms with van der Waals surface area (Å²) in [5, 5.41) is 19.4. The van der Waals surface area contributed by atoms with Crippen molar-refractivity contribution in [3.05, 3.63) is 44.4 Å². The van der Waals surface area contributed by atoms with Crippen LogP contribution in [-0.4, -0.2) is 42.1 Å². The van der Waals surface area contributed by atoms with Gasteiger partial charge in [0.15, 0.2) is 11.5 Å². The molecule has 9 nitrogen and oxygen atoms in total. The monoisotopic (exact) mass is 392 g/mol. The molecule has 144 valence electrons. The molecule has 1 aromatic carbocycles. The molecular weight excluding hydrogens is 372 g/mol. The van der Waals surface area contributed by atoms with Gasteiger partial charge in [-0.05, 0) is 19.4 Å². The van der Waals surface area contributed by atoms with E-state index in [9.17, 15) is 14.9 Å². The van der Waals surface area contributed by atoms with Crippen LogP contribution < -0.4 is 20.1 Å². The zero-order valence-electron chi connectivity index (χ0n) is 14.8. The lowest BCUT2D eigenvalue weighted by molar-refractivity contribution is -0.385. The lowest BCUT2D eigenvalue weighted by Crippen LogP contribution is -2.45. The van der Waals surface area contributed by atoms with Crippen LogP contribution in [0.3, 0.4) is 0 Å². The highest BCUT2D eigenvalue weighted by atomic mass is 32.1. The molecular formula is C17H20N4O5S. The van der Waals surface area contributed by atoms with Crippen LogP contribution in [0, 0.1) is 10.1 Å². The number of carbonyl (C=O) groups excluding carboxylic acids is 1. The molecule has 0 radical (unpaired) electrons. The standard InChI is InChI=1S/C17H20N4O5S/c1-25-15-5-13(17(22)20-11-3-2-4-18-7-11)14(21(23)24)6-16(15)26-8-12-9-27-10-19-12/h5-6,9-11,18H,2-4,7-8H2,1H3,(H,20,22)/t11-/m0/s1. The van der Waals surface area contributed by atoms with Gasteiger partial charge in [0.2, 0.25) is 0 Å². The molecule has 0 unspecified atom stereocenters. The number of nitrogens with zero attached hydrogens (tertiary/aromatic N) is 2. The molecule has 1 atom stereocenters. The third-order valence-electron chi connectivity index (χ3n) is 4.21. The summed E-state index contributed by atoms with van der Waals surface area (Å²) in [6.45, 7) is 1.70. The van der Waals surface area contributed by atoms with Gasteiger partial charge in [-0.25, -0.2) is 4.98 Å². The van der Waals surface area contributed by atoms with Crippen molar-refractivity contribution < 1.29 is 19.2 Å². The van der Waals surface area contributed by atoms with Gasteiger partial charge < -0.3 is 20.1 Å². The van der Waals surface area contributed by atoms with Gasteiger partial charge in [-0.1, -0.05) is 0 Å². The fourth-order valence-electron chi connectivity index (χ4n) is 2.85. The number of ether oxygens (including phenoxy) is 2. The lowest BCUT2D eigenvalue weighted by atomic mass is 10.1. The van der Waals surface area contributed by atoms with Gasteiger partial charge >= 0.3 is 0 Å². The van der Waals surface area contributed by atoms with Crippen LogP contribution in [0.1, 0.15) is 28.9 Å². The summed E-state index contributed by atoms with van der Waals surface area (Å²) in [5.74, 6) is -0.0596. The van der Waals surface area contributed by atoms with Crippen molar-refractivity contribution in [3.8, 4) is 11.5 Å². The quantitative estimate of drug-likeness (QED) is 0.548. The Morgan fingerprint density at radius 3 is 2.96 bits per heavy atom.